The third kappa shape index (κ3) is 4.33. The fourth-order valence-electron chi connectivity index (χ4n) is 3.86. The first kappa shape index (κ1) is 19.6. The van der Waals surface area contributed by atoms with Crippen molar-refractivity contribution >= 4 is 28.9 Å². The second-order valence-electron chi connectivity index (χ2n) is 7.36. The third-order valence-electron chi connectivity index (χ3n) is 5.38. The normalized spacial score (nSPS) is 17.9. The molecule has 0 aromatic heterocycles. The number of hydrogen-bond acceptors (Lipinski definition) is 2. The minimum absolute atomic E-state index is 0.0649. The SMILES string of the molecule is O=C(Nc1ccccc1)[C@@H]1CC=CC[C@@H]1C(=O)N(c1ccccc1)c1ccccc1. The number of hydrogen-bond donors (Lipinski definition) is 1. The maximum Gasteiger partial charge on any atom is 0.235 e. The van der Waals surface area contributed by atoms with Gasteiger partial charge in [0.15, 0.2) is 0 Å². The molecule has 30 heavy (non-hydrogen) atoms. The van der Waals surface area contributed by atoms with Crippen LogP contribution in [0.3, 0.4) is 0 Å². The summed E-state index contributed by atoms with van der Waals surface area (Å²) in [6.45, 7) is 0. The molecule has 0 spiro atoms. The Bertz CT molecular complexity index is 977. The fourth-order valence-corrected chi connectivity index (χ4v) is 3.86. The summed E-state index contributed by atoms with van der Waals surface area (Å²) in [7, 11) is 0. The lowest BCUT2D eigenvalue weighted by Gasteiger charge is -2.32. The number of amides is 2. The number of nitrogens with zero attached hydrogens (tertiary/aromatic N) is 1. The van der Waals surface area contributed by atoms with Crippen LogP contribution >= 0.6 is 0 Å². The van der Waals surface area contributed by atoms with Crippen molar-refractivity contribution in [3.05, 3.63) is 103 Å². The summed E-state index contributed by atoms with van der Waals surface area (Å²) in [6, 6.07) is 28.6. The topological polar surface area (TPSA) is 49.4 Å². The van der Waals surface area contributed by atoms with Gasteiger partial charge in [0, 0.05) is 17.1 Å². The Labute approximate surface area is 176 Å². The van der Waals surface area contributed by atoms with Gasteiger partial charge < -0.3 is 5.32 Å². The molecular formula is C26H24N2O2. The molecule has 0 saturated carbocycles. The molecule has 0 bridgehead atoms. The van der Waals surface area contributed by atoms with E-state index in [9.17, 15) is 9.59 Å². The van der Waals surface area contributed by atoms with Gasteiger partial charge in [0.25, 0.3) is 0 Å². The average molecular weight is 396 g/mol. The first-order valence-electron chi connectivity index (χ1n) is 10.2. The summed E-state index contributed by atoms with van der Waals surface area (Å²) in [6.07, 6.45) is 5.09. The molecule has 3 aromatic rings. The number of allylic oxidation sites excluding steroid dienone is 2. The molecule has 0 radical (unpaired) electrons. The van der Waals surface area contributed by atoms with Crippen molar-refractivity contribution in [2.75, 3.05) is 10.2 Å². The highest BCUT2D eigenvalue weighted by molar-refractivity contribution is 6.05. The molecule has 150 valence electrons. The van der Waals surface area contributed by atoms with Crippen LogP contribution in [0.25, 0.3) is 0 Å². The number of carbonyl (C=O) groups excluding carboxylic acids is 2. The van der Waals surface area contributed by atoms with Crippen LogP contribution in [0.15, 0.2) is 103 Å². The number of carbonyl (C=O) groups is 2. The fraction of sp³-hybridized carbons (Fsp3) is 0.154. The molecule has 3 aromatic carbocycles. The highest BCUT2D eigenvalue weighted by Crippen LogP contribution is 2.34. The smallest absolute Gasteiger partial charge is 0.235 e. The van der Waals surface area contributed by atoms with Gasteiger partial charge >= 0.3 is 0 Å². The molecule has 2 amide bonds. The summed E-state index contributed by atoms with van der Waals surface area (Å²) < 4.78 is 0. The van der Waals surface area contributed by atoms with E-state index in [-0.39, 0.29) is 11.8 Å². The van der Waals surface area contributed by atoms with Gasteiger partial charge in [-0.1, -0.05) is 66.7 Å². The average Bonchev–Trinajstić information content (AvgIpc) is 2.81. The van der Waals surface area contributed by atoms with Gasteiger partial charge in [-0.05, 0) is 49.2 Å². The van der Waals surface area contributed by atoms with E-state index in [0.29, 0.717) is 12.8 Å². The lowest BCUT2D eigenvalue weighted by Crippen LogP contribution is -2.41. The minimum atomic E-state index is -0.431. The van der Waals surface area contributed by atoms with Gasteiger partial charge in [-0.25, -0.2) is 0 Å². The lowest BCUT2D eigenvalue weighted by molar-refractivity contribution is -0.130. The Morgan fingerprint density at radius 1 is 0.667 bits per heavy atom. The number of nitrogens with one attached hydrogen (secondary N) is 1. The van der Waals surface area contributed by atoms with Crippen LogP contribution in [0.1, 0.15) is 12.8 Å². The third-order valence-corrected chi connectivity index (χ3v) is 5.38. The largest absolute Gasteiger partial charge is 0.326 e. The highest BCUT2D eigenvalue weighted by Gasteiger charge is 2.37. The Morgan fingerprint density at radius 3 is 1.67 bits per heavy atom. The summed E-state index contributed by atoms with van der Waals surface area (Å²) in [5, 5.41) is 2.97. The van der Waals surface area contributed by atoms with Crippen molar-refractivity contribution in [1.29, 1.82) is 0 Å². The van der Waals surface area contributed by atoms with Gasteiger partial charge in [0.2, 0.25) is 11.8 Å². The van der Waals surface area contributed by atoms with Gasteiger partial charge in [-0.2, -0.15) is 0 Å². The van der Waals surface area contributed by atoms with Crippen LogP contribution in [0, 0.1) is 11.8 Å². The minimum Gasteiger partial charge on any atom is -0.326 e. The molecule has 1 aliphatic carbocycles. The van der Waals surface area contributed by atoms with Crippen LogP contribution in [0.5, 0.6) is 0 Å². The van der Waals surface area contributed by atoms with Gasteiger partial charge in [0.05, 0.1) is 11.8 Å². The van der Waals surface area contributed by atoms with Crippen molar-refractivity contribution in [1.82, 2.24) is 0 Å². The summed E-state index contributed by atoms with van der Waals surface area (Å²) in [4.78, 5) is 28.6. The van der Waals surface area contributed by atoms with E-state index in [4.69, 9.17) is 0 Å². The van der Waals surface area contributed by atoms with E-state index in [1.807, 2.05) is 103 Å². The van der Waals surface area contributed by atoms with E-state index in [1.165, 1.54) is 0 Å². The lowest BCUT2D eigenvalue weighted by atomic mass is 9.81. The Morgan fingerprint density at radius 2 is 1.13 bits per heavy atom. The molecule has 0 aliphatic heterocycles. The summed E-state index contributed by atoms with van der Waals surface area (Å²) in [5.41, 5.74) is 2.34. The summed E-state index contributed by atoms with van der Waals surface area (Å²) >= 11 is 0. The van der Waals surface area contributed by atoms with Crippen LogP contribution in [0.2, 0.25) is 0 Å². The molecule has 0 heterocycles. The van der Waals surface area contributed by atoms with E-state index < -0.39 is 11.8 Å². The molecule has 4 rings (SSSR count). The molecule has 1 N–H and O–H groups in total. The van der Waals surface area contributed by atoms with Gasteiger partial charge in [-0.15, -0.1) is 0 Å². The molecular weight excluding hydrogens is 372 g/mol. The predicted molar refractivity (Wildman–Crippen MR) is 120 cm³/mol. The quantitative estimate of drug-likeness (QED) is 0.573. The molecule has 4 heteroatoms. The molecule has 0 saturated heterocycles. The maximum atomic E-state index is 13.8. The highest BCUT2D eigenvalue weighted by atomic mass is 16.2. The number of benzene rings is 3. The molecule has 1 aliphatic rings. The van der Waals surface area contributed by atoms with E-state index >= 15 is 0 Å². The Hall–Kier alpha value is -3.66. The zero-order valence-electron chi connectivity index (χ0n) is 16.6. The van der Waals surface area contributed by atoms with Crippen molar-refractivity contribution < 1.29 is 9.59 Å². The Kier molecular flexibility index (Phi) is 6.04. The monoisotopic (exact) mass is 396 g/mol. The maximum absolute atomic E-state index is 13.8. The van der Waals surface area contributed by atoms with Crippen molar-refractivity contribution in [3.8, 4) is 0 Å². The van der Waals surface area contributed by atoms with Crippen LogP contribution in [-0.4, -0.2) is 11.8 Å². The molecule has 2 atom stereocenters. The van der Waals surface area contributed by atoms with Crippen molar-refractivity contribution in [3.63, 3.8) is 0 Å². The van der Waals surface area contributed by atoms with E-state index in [0.717, 1.165) is 17.1 Å². The second kappa shape index (κ2) is 9.23. The zero-order chi connectivity index (χ0) is 20.8. The molecule has 0 unspecified atom stereocenters. The Balaban J connectivity index is 1.64. The first-order valence-corrected chi connectivity index (χ1v) is 10.2. The van der Waals surface area contributed by atoms with Crippen LogP contribution in [0.4, 0.5) is 17.1 Å². The standard InChI is InChI=1S/C26H24N2O2/c29-25(27-20-12-4-1-5-13-20)23-18-10-11-19-24(23)26(30)28(21-14-6-2-7-15-21)22-16-8-3-9-17-22/h1-17,23-24H,18-19H2,(H,27,29)/t23-,24+/m1/s1. The van der Waals surface area contributed by atoms with E-state index in [2.05, 4.69) is 5.32 Å². The number of anilines is 3. The second-order valence-corrected chi connectivity index (χ2v) is 7.36. The van der Waals surface area contributed by atoms with Crippen LogP contribution < -0.4 is 10.2 Å². The molecule has 4 nitrogen and oxygen atoms in total. The van der Waals surface area contributed by atoms with E-state index in [1.54, 1.807) is 4.90 Å². The van der Waals surface area contributed by atoms with Crippen molar-refractivity contribution in [2.24, 2.45) is 11.8 Å². The number of para-hydroxylation sites is 3. The molecule has 0 fully saturated rings. The van der Waals surface area contributed by atoms with Gasteiger partial charge in [-0.3, -0.25) is 14.5 Å². The van der Waals surface area contributed by atoms with Gasteiger partial charge in [0.1, 0.15) is 0 Å². The van der Waals surface area contributed by atoms with Crippen LogP contribution in [-0.2, 0) is 9.59 Å². The number of rotatable bonds is 5. The zero-order valence-corrected chi connectivity index (χ0v) is 16.6. The summed E-state index contributed by atoms with van der Waals surface area (Å²) in [5.74, 6) is -1.04. The first-order chi connectivity index (χ1) is 14.7. The van der Waals surface area contributed by atoms with Crippen molar-refractivity contribution in [2.45, 2.75) is 12.8 Å². The predicted octanol–water partition coefficient (Wildman–Crippen LogP) is 5.57.